The number of aliphatic hydroxyl groups is 1. The number of aliphatic hydroxyl groups excluding tert-OH is 1. The standard InChI is InChI=1S/C12H17NO5S/c1-4-17-11(15)9(12(16)18-5-2)10(14)8-6-19-7(3)13-8/h6,9-10,14H,4-5H2,1-3H3. The summed E-state index contributed by atoms with van der Waals surface area (Å²) < 4.78 is 9.59. The molecule has 1 unspecified atom stereocenters. The van der Waals surface area contributed by atoms with Gasteiger partial charge >= 0.3 is 11.9 Å². The number of hydrogen-bond donors (Lipinski definition) is 1. The summed E-state index contributed by atoms with van der Waals surface area (Å²) in [6.45, 7) is 5.26. The predicted molar refractivity (Wildman–Crippen MR) is 68.6 cm³/mol. The van der Waals surface area contributed by atoms with Gasteiger partial charge in [-0.05, 0) is 20.8 Å². The van der Waals surface area contributed by atoms with E-state index in [-0.39, 0.29) is 18.9 Å². The third kappa shape index (κ3) is 4.00. The van der Waals surface area contributed by atoms with E-state index in [1.54, 1.807) is 26.2 Å². The number of aryl methyl sites for hydroxylation is 1. The van der Waals surface area contributed by atoms with Crippen molar-refractivity contribution in [1.82, 2.24) is 4.98 Å². The largest absolute Gasteiger partial charge is 0.465 e. The van der Waals surface area contributed by atoms with Crippen molar-refractivity contribution in [2.45, 2.75) is 26.9 Å². The Morgan fingerprint density at radius 2 is 1.84 bits per heavy atom. The molecule has 0 aliphatic heterocycles. The molecule has 7 heteroatoms. The maximum absolute atomic E-state index is 11.8. The molecule has 1 aromatic heterocycles. The first-order valence-corrected chi connectivity index (χ1v) is 6.82. The normalized spacial score (nSPS) is 12.3. The number of nitrogens with zero attached hydrogens (tertiary/aromatic N) is 1. The minimum atomic E-state index is -1.40. The van der Waals surface area contributed by atoms with Crippen LogP contribution in [-0.4, -0.2) is 35.2 Å². The Bertz CT molecular complexity index is 427. The van der Waals surface area contributed by atoms with Gasteiger partial charge in [-0.25, -0.2) is 4.98 Å². The molecular formula is C12H17NO5S. The zero-order valence-corrected chi connectivity index (χ0v) is 11.9. The van der Waals surface area contributed by atoms with Crippen LogP contribution in [0, 0.1) is 12.8 Å². The summed E-state index contributed by atoms with van der Waals surface area (Å²) in [5.41, 5.74) is 0.272. The Morgan fingerprint density at radius 3 is 2.21 bits per heavy atom. The van der Waals surface area contributed by atoms with Crippen molar-refractivity contribution >= 4 is 23.3 Å². The van der Waals surface area contributed by atoms with E-state index in [9.17, 15) is 14.7 Å². The first-order chi connectivity index (χ1) is 9.01. The summed E-state index contributed by atoms with van der Waals surface area (Å²) in [4.78, 5) is 27.6. The van der Waals surface area contributed by atoms with Crippen LogP contribution in [0.4, 0.5) is 0 Å². The van der Waals surface area contributed by atoms with Gasteiger partial charge in [-0.1, -0.05) is 0 Å². The topological polar surface area (TPSA) is 85.7 Å². The van der Waals surface area contributed by atoms with Crippen LogP contribution >= 0.6 is 11.3 Å². The lowest BCUT2D eigenvalue weighted by molar-refractivity contribution is -0.167. The number of rotatable bonds is 6. The molecule has 0 amide bonds. The third-order valence-electron chi connectivity index (χ3n) is 2.34. The minimum Gasteiger partial charge on any atom is -0.465 e. The molecule has 1 aromatic rings. The van der Waals surface area contributed by atoms with Gasteiger partial charge in [0.1, 0.15) is 6.10 Å². The molecule has 0 aliphatic rings. The number of carbonyl (C=O) groups excluding carboxylic acids is 2. The molecule has 1 heterocycles. The average molecular weight is 287 g/mol. The first-order valence-electron chi connectivity index (χ1n) is 5.94. The van der Waals surface area contributed by atoms with Gasteiger partial charge in [0.05, 0.1) is 23.9 Å². The van der Waals surface area contributed by atoms with E-state index in [1.807, 2.05) is 0 Å². The molecule has 106 valence electrons. The number of ether oxygens (including phenoxy) is 2. The fraction of sp³-hybridized carbons (Fsp3) is 0.583. The molecule has 6 nitrogen and oxygen atoms in total. The maximum Gasteiger partial charge on any atom is 0.323 e. The zero-order valence-electron chi connectivity index (χ0n) is 11.1. The van der Waals surface area contributed by atoms with E-state index in [1.165, 1.54) is 11.3 Å². The Kier molecular flexibility index (Phi) is 5.91. The lowest BCUT2D eigenvalue weighted by Gasteiger charge is -2.18. The predicted octanol–water partition coefficient (Wildman–Crippen LogP) is 1.23. The highest BCUT2D eigenvalue weighted by Crippen LogP contribution is 2.25. The van der Waals surface area contributed by atoms with Crippen molar-refractivity contribution in [2.24, 2.45) is 5.92 Å². The van der Waals surface area contributed by atoms with Crippen LogP contribution in [0.25, 0.3) is 0 Å². The van der Waals surface area contributed by atoms with Gasteiger partial charge in [-0.3, -0.25) is 9.59 Å². The average Bonchev–Trinajstić information content (AvgIpc) is 2.76. The minimum absolute atomic E-state index is 0.123. The van der Waals surface area contributed by atoms with Gasteiger partial charge in [0.15, 0.2) is 5.92 Å². The molecule has 1 atom stereocenters. The maximum atomic E-state index is 11.8. The van der Waals surface area contributed by atoms with E-state index in [2.05, 4.69) is 4.98 Å². The molecule has 0 spiro atoms. The molecule has 19 heavy (non-hydrogen) atoms. The Morgan fingerprint density at radius 1 is 1.32 bits per heavy atom. The second-order valence-electron chi connectivity index (χ2n) is 3.72. The molecule has 0 aromatic carbocycles. The molecule has 0 saturated heterocycles. The summed E-state index contributed by atoms with van der Waals surface area (Å²) in [6, 6.07) is 0. The van der Waals surface area contributed by atoms with Gasteiger partial charge in [0, 0.05) is 5.38 Å². The fourth-order valence-corrected chi connectivity index (χ4v) is 2.15. The van der Waals surface area contributed by atoms with Crippen molar-refractivity contribution in [3.05, 3.63) is 16.1 Å². The molecule has 0 fully saturated rings. The summed E-state index contributed by atoms with van der Waals surface area (Å²) in [5.74, 6) is -3.01. The highest BCUT2D eigenvalue weighted by atomic mass is 32.1. The highest BCUT2D eigenvalue weighted by Gasteiger charge is 2.38. The van der Waals surface area contributed by atoms with Crippen LogP contribution < -0.4 is 0 Å². The second-order valence-corrected chi connectivity index (χ2v) is 4.78. The first kappa shape index (κ1) is 15.6. The highest BCUT2D eigenvalue weighted by molar-refractivity contribution is 7.09. The van der Waals surface area contributed by atoms with Gasteiger partial charge in [-0.2, -0.15) is 0 Å². The van der Waals surface area contributed by atoms with Crippen LogP contribution in [0.3, 0.4) is 0 Å². The van der Waals surface area contributed by atoms with Crippen LogP contribution in [0.5, 0.6) is 0 Å². The van der Waals surface area contributed by atoms with Crippen LogP contribution in [0.2, 0.25) is 0 Å². The number of thiazole rings is 1. The van der Waals surface area contributed by atoms with Crippen molar-refractivity contribution in [3.63, 3.8) is 0 Å². The lowest BCUT2D eigenvalue weighted by Crippen LogP contribution is -2.33. The number of esters is 2. The number of carbonyl (C=O) groups is 2. The molecule has 1 N–H and O–H groups in total. The van der Waals surface area contributed by atoms with Crippen LogP contribution in [0.15, 0.2) is 5.38 Å². The van der Waals surface area contributed by atoms with E-state index in [0.717, 1.165) is 5.01 Å². The Labute approximate surface area is 115 Å². The quantitative estimate of drug-likeness (QED) is 0.625. The smallest absolute Gasteiger partial charge is 0.323 e. The molecule has 0 radical (unpaired) electrons. The summed E-state index contributed by atoms with van der Waals surface area (Å²) >= 11 is 1.32. The van der Waals surface area contributed by atoms with Gasteiger partial charge in [0.25, 0.3) is 0 Å². The van der Waals surface area contributed by atoms with Crippen LogP contribution in [-0.2, 0) is 19.1 Å². The van der Waals surface area contributed by atoms with Crippen LogP contribution in [0.1, 0.15) is 30.7 Å². The van der Waals surface area contributed by atoms with Gasteiger partial charge < -0.3 is 14.6 Å². The van der Waals surface area contributed by atoms with Gasteiger partial charge in [-0.15, -0.1) is 11.3 Å². The van der Waals surface area contributed by atoms with Crippen molar-refractivity contribution in [1.29, 1.82) is 0 Å². The Hall–Kier alpha value is -1.47. The zero-order chi connectivity index (χ0) is 14.4. The Balaban J connectivity index is 2.95. The van der Waals surface area contributed by atoms with E-state index < -0.39 is 24.0 Å². The van der Waals surface area contributed by atoms with E-state index >= 15 is 0 Å². The molecule has 0 saturated carbocycles. The summed E-state index contributed by atoms with van der Waals surface area (Å²) in [6.07, 6.45) is -1.36. The SMILES string of the molecule is CCOC(=O)C(C(=O)OCC)C(O)c1csc(C)n1. The number of aromatic nitrogens is 1. The molecule has 0 aliphatic carbocycles. The van der Waals surface area contributed by atoms with Crippen molar-refractivity contribution in [2.75, 3.05) is 13.2 Å². The monoisotopic (exact) mass is 287 g/mol. The second kappa shape index (κ2) is 7.20. The van der Waals surface area contributed by atoms with E-state index in [0.29, 0.717) is 0 Å². The molecular weight excluding hydrogens is 270 g/mol. The fourth-order valence-electron chi connectivity index (χ4n) is 1.50. The van der Waals surface area contributed by atoms with E-state index in [4.69, 9.17) is 9.47 Å². The lowest BCUT2D eigenvalue weighted by atomic mass is 10.0. The number of hydrogen-bond acceptors (Lipinski definition) is 7. The summed E-state index contributed by atoms with van der Waals surface area (Å²) in [5, 5.41) is 12.5. The summed E-state index contributed by atoms with van der Waals surface area (Å²) in [7, 11) is 0. The third-order valence-corrected chi connectivity index (χ3v) is 3.13. The molecule has 0 bridgehead atoms. The van der Waals surface area contributed by atoms with Crippen molar-refractivity contribution < 1.29 is 24.2 Å². The van der Waals surface area contributed by atoms with Crippen molar-refractivity contribution in [3.8, 4) is 0 Å². The molecule has 1 rings (SSSR count). The van der Waals surface area contributed by atoms with Gasteiger partial charge in [0.2, 0.25) is 0 Å².